The summed E-state index contributed by atoms with van der Waals surface area (Å²) in [5, 5.41) is 7.29. The van der Waals surface area contributed by atoms with Gasteiger partial charge in [-0.25, -0.2) is 9.97 Å². The predicted octanol–water partition coefficient (Wildman–Crippen LogP) is 0.764. The minimum atomic E-state index is -0.196. The number of anilines is 1. The Bertz CT molecular complexity index is 442. The molecule has 1 saturated heterocycles. The fourth-order valence-corrected chi connectivity index (χ4v) is 2.25. The van der Waals surface area contributed by atoms with Crippen molar-refractivity contribution in [2.24, 2.45) is 5.73 Å². The van der Waals surface area contributed by atoms with Crippen LogP contribution in [0.2, 0.25) is 0 Å². The van der Waals surface area contributed by atoms with Gasteiger partial charge in [0, 0.05) is 13.1 Å². The molecule has 0 amide bonds. The summed E-state index contributed by atoms with van der Waals surface area (Å²) in [7, 11) is 0. The molecular formula is C12H19N5O. The molecule has 2 rings (SSSR count). The summed E-state index contributed by atoms with van der Waals surface area (Å²) in [5.41, 5.74) is 5.56. The highest BCUT2D eigenvalue weighted by Gasteiger charge is 2.31. The van der Waals surface area contributed by atoms with E-state index >= 15 is 0 Å². The molecule has 0 saturated carbocycles. The zero-order valence-electron chi connectivity index (χ0n) is 11.0. The van der Waals surface area contributed by atoms with Crippen LogP contribution in [0, 0.1) is 5.41 Å². The summed E-state index contributed by atoms with van der Waals surface area (Å²) < 4.78 is 5.84. The van der Waals surface area contributed by atoms with Gasteiger partial charge in [0.2, 0.25) is 0 Å². The molecule has 1 unspecified atom stereocenters. The van der Waals surface area contributed by atoms with Crippen LogP contribution in [0.3, 0.4) is 0 Å². The number of hydrogen-bond donors (Lipinski definition) is 2. The standard InChI is InChI=1S/C12H19N5O/c1-8-6-17(7-12(2,3)18-8)10-5-15-9(4-16-10)11(13)14/h4-5,8H,6-7H2,1-3H3,(H3,13,14). The van der Waals surface area contributed by atoms with Crippen molar-refractivity contribution in [2.45, 2.75) is 32.5 Å². The number of amidine groups is 1. The molecule has 0 spiro atoms. The quantitative estimate of drug-likeness (QED) is 0.597. The van der Waals surface area contributed by atoms with E-state index < -0.39 is 0 Å². The molecule has 1 fully saturated rings. The molecule has 0 radical (unpaired) electrons. The Morgan fingerprint density at radius 3 is 2.72 bits per heavy atom. The molecule has 1 atom stereocenters. The Kier molecular flexibility index (Phi) is 3.21. The summed E-state index contributed by atoms with van der Waals surface area (Å²) in [6.07, 6.45) is 3.35. The molecule has 3 N–H and O–H groups in total. The first-order valence-electron chi connectivity index (χ1n) is 5.96. The predicted molar refractivity (Wildman–Crippen MR) is 69.9 cm³/mol. The van der Waals surface area contributed by atoms with Gasteiger partial charge >= 0.3 is 0 Å². The van der Waals surface area contributed by atoms with E-state index in [2.05, 4.69) is 28.7 Å². The van der Waals surface area contributed by atoms with Crippen LogP contribution in [-0.4, -0.2) is 40.6 Å². The number of nitrogens with one attached hydrogen (secondary N) is 1. The maximum atomic E-state index is 7.29. The number of rotatable bonds is 2. The molecular weight excluding hydrogens is 230 g/mol. The van der Waals surface area contributed by atoms with E-state index in [0.29, 0.717) is 5.69 Å². The molecule has 1 aromatic rings. The van der Waals surface area contributed by atoms with Crippen LogP contribution in [0.15, 0.2) is 12.4 Å². The Labute approximate surface area is 107 Å². The van der Waals surface area contributed by atoms with Gasteiger partial charge in [0.15, 0.2) is 0 Å². The smallest absolute Gasteiger partial charge is 0.147 e. The second kappa shape index (κ2) is 4.53. The first-order valence-corrected chi connectivity index (χ1v) is 5.96. The minimum Gasteiger partial charge on any atom is -0.382 e. The van der Waals surface area contributed by atoms with Crippen molar-refractivity contribution in [3.63, 3.8) is 0 Å². The van der Waals surface area contributed by atoms with Crippen LogP contribution < -0.4 is 10.6 Å². The largest absolute Gasteiger partial charge is 0.382 e. The molecule has 0 aliphatic carbocycles. The third-order valence-corrected chi connectivity index (χ3v) is 2.81. The van der Waals surface area contributed by atoms with Gasteiger partial charge in [0.25, 0.3) is 0 Å². The van der Waals surface area contributed by atoms with Gasteiger partial charge in [-0.1, -0.05) is 0 Å². The lowest BCUT2D eigenvalue weighted by atomic mass is 10.1. The van der Waals surface area contributed by atoms with Crippen molar-refractivity contribution in [2.75, 3.05) is 18.0 Å². The Balaban J connectivity index is 2.18. The molecule has 1 aromatic heterocycles. The number of nitrogens with two attached hydrogens (primary N) is 1. The molecule has 0 aromatic carbocycles. The number of nitrogen functional groups attached to an aromatic ring is 1. The summed E-state index contributed by atoms with van der Waals surface area (Å²) in [4.78, 5) is 10.6. The van der Waals surface area contributed by atoms with Crippen molar-refractivity contribution < 1.29 is 4.74 Å². The van der Waals surface area contributed by atoms with Crippen molar-refractivity contribution in [1.29, 1.82) is 5.41 Å². The zero-order valence-corrected chi connectivity index (χ0v) is 11.0. The average molecular weight is 249 g/mol. The molecule has 6 heteroatoms. The van der Waals surface area contributed by atoms with E-state index in [-0.39, 0.29) is 17.5 Å². The summed E-state index contributed by atoms with van der Waals surface area (Å²) >= 11 is 0. The molecule has 18 heavy (non-hydrogen) atoms. The van der Waals surface area contributed by atoms with E-state index in [9.17, 15) is 0 Å². The number of aromatic nitrogens is 2. The van der Waals surface area contributed by atoms with Crippen LogP contribution >= 0.6 is 0 Å². The van der Waals surface area contributed by atoms with E-state index in [1.807, 2.05) is 6.92 Å². The minimum absolute atomic E-state index is 0.0651. The van der Waals surface area contributed by atoms with E-state index in [1.165, 1.54) is 6.20 Å². The number of hydrogen-bond acceptors (Lipinski definition) is 5. The van der Waals surface area contributed by atoms with Crippen molar-refractivity contribution in [3.8, 4) is 0 Å². The number of morpholine rings is 1. The monoisotopic (exact) mass is 249 g/mol. The van der Waals surface area contributed by atoms with Gasteiger partial charge in [-0.3, -0.25) is 5.41 Å². The van der Waals surface area contributed by atoms with Gasteiger partial charge in [-0.05, 0) is 20.8 Å². The van der Waals surface area contributed by atoms with E-state index in [4.69, 9.17) is 15.9 Å². The van der Waals surface area contributed by atoms with Crippen molar-refractivity contribution in [1.82, 2.24) is 9.97 Å². The maximum Gasteiger partial charge on any atom is 0.147 e. The fourth-order valence-electron chi connectivity index (χ4n) is 2.25. The molecule has 0 bridgehead atoms. The Morgan fingerprint density at radius 2 is 2.22 bits per heavy atom. The van der Waals surface area contributed by atoms with Crippen LogP contribution in [0.4, 0.5) is 5.82 Å². The van der Waals surface area contributed by atoms with E-state index in [0.717, 1.165) is 18.9 Å². The summed E-state index contributed by atoms with van der Waals surface area (Å²) in [5.74, 6) is 0.730. The highest BCUT2D eigenvalue weighted by molar-refractivity contribution is 5.92. The molecule has 6 nitrogen and oxygen atoms in total. The SMILES string of the molecule is CC1CN(c2cnc(C(=N)N)cn2)CC(C)(C)O1. The van der Waals surface area contributed by atoms with E-state index in [1.54, 1.807) is 6.20 Å². The summed E-state index contributed by atoms with van der Waals surface area (Å²) in [6.45, 7) is 7.73. The highest BCUT2D eigenvalue weighted by atomic mass is 16.5. The zero-order chi connectivity index (χ0) is 13.3. The van der Waals surface area contributed by atoms with Crippen LogP contribution in [0.5, 0.6) is 0 Å². The normalized spacial score (nSPS) is 22.8. The maximum absolute atomic E-state index is 7.29. The molecule has 2 heterocycles. The second-order valence-electron chi connectivity index (χ2n) is 5.24. The second-order valence-corrected chi connectivity index (χ2v) is 5.24. The van der Waals surface area contributed by atoms with Gasteiger partial charge in [-0.2, -0.15) is 0 Å². The molecule has 1 aliphatic heterocycles. The third kappa shape index (κ3) is 2.76. The fraction of sp³-hybridized carbons (Fsp3) is 0.583. The summed E-state index contributed by atoms with van der Waals surface area (Å²) in [6, 6.07) is 0. The van der Waals surface area contributed by atoms with Gasteiger partial charge in [0.05, 0.1) is 24.1 Å². The topological polar surface area (TPSA) is 88.1 Å². The first kappa shape index (κ1) is 12.8. The first-order chi connectivity index (χ1) is 8.37. The number of ether oxygens (including phenoxy) is 1. The third-order valence-electron chi connectivity index (χ3n) is 2.81. The van der Waals surface area contributed by atoms with Gasteiger partial charge < -0.3 is 15.4 Å². The highest BCUT2D eigenvalue weighted by Crippen LogP contribution is 2.24. The number of nitrogens with zero attached hydrogens (tertiary/aromatic N) is 3. The Morgan fingerprint density at radius 1 is 1.50 bits per heavy atom. The molecule has 98 valence electrons. The van der Waals surface area contributed by atoms with Gasteiger partial charge in [-0.15, -0.1) is 0 Å². The lowest BCUT2D eigenvalue weighted by Crippen LogP contribution is -2.52. The lowest BCUT2D eigenvalue weighted by Gasteiger charge is -2.42. The van der Waals surface area contributed by atoms with Crippen LogP contribution in [0.25, 0.3) is 0 Å². The average Bonchev–Trinajstić information content (AvgIpc) is 2.26. The Hall–Kier alpha value is -1.69. The van der Waals surface area contributed by atoms with Gasteiger partial charge in [0.1, 0.15) is 17.3 Å². The van der Waals surface area contributed by atoms with Crippen LogP contribution in [0.1, 0.15) is 26.5 Å². The lowest BCUT2D eigenvalue weighted by molar-refractivity contribution is -0.0751. The molecule has 1 aliphatic rings. The van der Waals surface area contributed by atoms with Crippen molar-refractivity contribution in [3.05, 3.63) is 18.1 Å². The van der Waals surface area contributed by atoms with Crippen LogP contribution in [-0.2, 0) is 4.74 Å². The van der Waals surface area contributed by atoms with Crippen molar-refractivity contribution >= 4 is 11.7 Å².